The van der Waals surface area contributed by atoms with Crippen LogP contribution in [0, 0.1) is 0 Å². The monoisotopic (exact) mass is 300 g/mol. The van der Waals surface area contributed by atoms with Crippen molar-refractivity contribution >= 4 is 11.9 Å². The number of aromatic carboxylic acids is 1. The molecule has 1 heterocycles. The number of carboxylic acids is 1. The Morgan fingerprint density at radius 3 is 2.36 bits per heavy atom. The molecule has 22 heavy (non-hydrogen) atoms. The molecule has 2 aromatic rings. The van der Waals surface area contributed by atoms with E-state index in [1.165, 1.54) is 12.4 Å². The minimum atomic E-state index is -1.11. The molecule has 1 aromatic heterocycles. The summed E-state index contributed by atoms with van der Waals surface area (Å²) in [5.74, 6) is -1.49. The van der Waals surface area contributed by atoms with Gasteiger partial charge in [0.05, 0.1) is 17.4 Å². The van der Waals surface area contributed by atoms with Crippen molar-refractivity contribution in [2.45, 2.75) is 26.4 Å². The lowest BCUT2D eigenvalue weighted by molar-refractivity contribution is 0.0377. The van der Waals surface area contributed by atoms with Gasteiger partial charge in [-0.2, -0.15) is 0 Å². The van der Waals surface area contributed by atoms with Crippen LogP contribution >= 0.6 is 0 Å². The topological polar surface area (TPSA) is 89.4 Å². The highest BCUT2D eigenvalue weighted by atomic mass is 16.5. The molecule has 114 valence electrons. The van der Waals surface area contributed by atoms with Crippen molar-refractivity contribution in [3.8, 4) is 0 Å². The van der Waals surface area contributed by atoms with E-state index in [-0.39, 0.29) is 17.8 Å². The van der Waals surface area contributed by atoms with Gasteiger partial charge in [-0.1, -0.05) is 12.1 Å². The van der Waals surface area contributed by atoms with Crippen LogP contribution in [-0.4, -0.2) is 33.1 Å². The first-order valence-electron chi connectivity index (χ1n) is 6.80. The van der Waals surface area contributed by atoms with Gasteiger partial charge in [-0.25, -0.2) is 14.6 Å². The summed E-state index contributed by atoms with van der Waals surface area (Å²) in [7, 11) is 0. The fourth-order valence-electron chi connectivity index (χ4n) is 1.91. The molecule has 0 bridgehead atoms. The molecule has 0 atom stereocenters. The maximum atomic E-state index is 11.7. The van der Waals surface area contributed by atoms with Gasteiger partial charge in [0, 0.05) is 18.8 Å². The highest BCUT2D eigenvalue weighted by molar-refractivity contribution is 5.89. The van der Waals surface area contributed by atoms with Gasteiger partial charge in [0.2, 0.25) is 0 Å². The number of carboxylic acid groups (broad SMARTS) is 1. The summed E-state index contributed by atoms with van der Waals surface area (Å²) in [6.07, 6.45) is 2.95. The number of aromatic nitrogens is 2. The first-order chi connectivity index (χ1) is 10.5. The van der Waals surface area contributed by atoms with Gasteiger partial charge in [-0.3, -0.25) is 4.98 Å². The first-order valence-corrected chi connectivity index (χ1v) is 6.80. The average molecular weight is 300 g/mol. The fraction of sp³-hybridized carbons (Fsp3) is 0.250. The van der Waals surface area contributed by atoms with Gasteiger partial charge in [-0.15, -0.1) is 0 Å². The average Bonchev–Trinajstić information content (AvgIpc) is 2.47. The van der Waals surface area contributed by atoms with E-state index in [1.807, 2.05) is 0 Å². The van der Waals surface area contributed by atoms with Gasteiger partial charge in [0.15, 0.2) is 5.69 Å². The summed E-state index contributed by atoms with van der Waals surface area (Å²) in [5, 5.41) is 9.08. The Balaban J connectivity index is 2.15. The van der Waals surface area contributed by atoms with E-state index >= 15 is 0 Å². The highest BCUT2D eigenvalue weighted by Gasteiger charge is 2.14. The van der Waals surface area contributed by atoms with Crippen LogP contribution in [0.5, 0.6) is 0 Å². The molecular formula is C16H16N2O4. The largest absolute Gasteiger partial charge is 0.476 e. The van der Waals surface area contributed by atoms with E-state index in [0.717, 1.165) is 5.56 Å². The molecule has 1 N–H and O–H groups in total. The van der Waals surface area contributed by atoms with E-state index in [0.29, 0.717) is 17.7 Å². The van der Waals surface area contributed by atoms with Crippen molar-refractivity contribution in [2.24, 2.45) is 0 Å². The molecule has 0 aliphatic carbocycles. The maximum Gasteiger partial charge on any atom is 0.356 e. The summed E-state index contributed by atoms with van der Waals surface area (Å²) in [5.41, 5.74) is 1.61. The molecule has 0 amide bonds. The Kier molecular flexibility index (Phi) is 4.83. The lowest BCUT2D eigenvalue weighted by Crippen LogP contribution is -2.11. The van der Waals surface area contributed by atoms with Gasteiger partial charge in [-0.05, 0) is 31.5 Å². The molecule has 0 spiro atoms. The molecule has 0 aliphatic heterocycles. The van der Waals surface area contributed by atoms with Crippen molar-refractivity contribution in [1.82, 2.24) is 9.97 Å². The second-order valence-corrected chi connectivity index (χ2v) is 4.98. The molecule has 1 aromatic carbocycles. The molecular weight excluding hydrogens is 284 g/mol. The fourth-order valence-corrected chi connectivity index (χ4v) is 1.91. The van der Waals surface area contributed by atoms with Gasteiger partial charge in [0.1, 0.15) is 0 Å². The predicted molar refractivity (Wildman–Crippen MR) is 78.8 cm³/mol. The molecule has 0 saturated heterocycles. The van der Waals surface area contributed by atoms with E-state index in [9.17, 15) is 9.59 Å². The molecule has 0 saturated carbocycles. The SMILES string of the molecule is CC(C)OC(=O)c1ccc(Cc2nccnc2C(=O)O)cc1. The van der Waals surface area contributed by atoms with Gasteiger partial charge < -0.3 is 9.84 Å². The molecule has 0 unspecified atom stereocenters. The zero-order valence-corrected chi connectivity index (χ0v) is 12.3. The molecule has 0 radical (unpaired) electrons. The number of esters is 1. The third-order valence-electron chi connectivity index (χ3n) is 2.88. The number of carbonyl (C=O) groups is 2. The number of hydrogen-bond donors (Lipinski definition) is 1. The Bertz CT molecular complexity index is 681. The lowest BCUT2D eigenvalue weighted by Gasteiger charge is -2.08. The van der Waals surface area contributed by atoms with Crippen LogP contribution in [0.2, 0.25) is 0 Å². The predicted octanol–water partition coefficient (Wildman–Crippen LogP) is 2.33. The minimum absolute atomic E-state index is 0.0641. The third-order valence-corrected chi connectivity index (χ3v) is 2.88. The van der Waals surface area contributed by atoms with E-state index in [2.05, 4.69) is 9.97 Å². The molecule has 6 heteroatoms. The number of carbonyl (C=O) groups excluding carboxylic acids is 1. The van der Waals surface area contributed by atoms with Gasteiger partial charge >= 0.3 is 11.9 Å². The Morgan fingerprint density at radius 2 is 1.77 bits per heavy atom. The summed E-state index contributed by atoms with van der Waals surface area (Å²) >= 11 is 0. The quantitative estimate of drug-likeness (QED) is 0.852. The first kappa shape index (κ1) is 15.6. The zero-order chi connectivity index (χ0) is 16.1. The third kappa shape index (κ3) is 3.88. The van der Waals surface area contributed by atoms with Crippen LogP contribution < -0.4 is 0 Å². The maximum absolute atomic E-state index is 11.7. The molecule has 0 fully saturated rings. The number of benzene rings is 1. The molecule has 2 rings (SSSR count). The second kappa shape index (κ2) is 6.80. The van der Waals surface area contributed by atoms with Crippen LogP contribution in [0.4, 0.5) is 0 Å². The van der Waals surface area contributed by atoms with Crippen LogP contribution in [-0.2, 0) is 11.2 Å². The number of ether oxygens (including phenoxy) is 1. The highest BCUT2D eigenvalue weighted by Crippen LogP contribution is 2.13. The summed E-state index contributed by atoms with van der Waals surface area (Å²) in [6.45, 7) is 3.57. The van der Waals surface area contributed by atoms with E-state index in [4.69, 9.17) is 9.84 Å². The lowest BCUT2D eigenvalue weighted by atomic mass is 10.1. The number of nitrogens with zero attached hydrogens (tertiary/aromatic N) is 2. The Labute approximate surface area is 127 Å². The summed E-state index contributed by atoms with van der Waals surface area (Å²) in [6, 6.07) is 6.79. The standard InChI is InChI=1S/C16H16N2O4/c1-10(2)22-16(21)12-5-3-11(4-6-12)9-13-14(15(19)20)18-8-7-17-13/h3-8,10H,9H2,1-2H3,(H,19,20). The number of rotatable bonds is 5. The van der Waals surface area contributed by atoms with Crippen molar-refractivity contribution in [3.05, 3.63) is 59.2 Å². The minimum Gasteiger partial charge on any atom is -0.476 e. The molecule has 6 nitrogen and oxygen atoms in total. The zero-order valence-electron chi connectivity index (χ0n) is 12.3. The van der Waals surface area contributed by atoms with Crippen LogP contribution in [0.25, 0.3) is 0 Å². The van der Waals surface area contributed by atoms with E-state index < -0.39 is 5.97 Å². The van der Waals surface area contributed by atoms with Crippen LogP contribution in [0.3, 0.4) is 0 Å². The van der Waals surface area contributed by atoms with E-state index in [1.54, 1.807) is 38.1 Å². The van der Waals surface area contributed by atoms with Crippen molar-refractivity contribution in [1.29, 1.82) is 0 Å². The van der Waals surface area contributed by atoms with Crippen LogP contribution in [0.1, 0.15) is 46.0 Å². The van der Waals surface area contributed by atoms with Gasteiger partial charge in [0.25, 0.3) is 0 Å². The Hall–Kier alpha value is -2.76. The Morgan fingerprint density at radius 1 is 1.14 bits per heavy atom. The smallest absolute Gasteiger partial charge is 0.356 e. The number of hydrogen-bond acceptors (Lipinski definition) is 5. The van der Waals surface area contributed by atoms with Crippen molar-refractivity contribution in [3.63, 3.8) is 0 Å². The second-order valence-electron chi connectivity index (χ2n) is 4.98. The van der Waals surface area contributed by atoms with Crippen LogP contribution in [0.15, 0.2) is 36.7 Å². The molecule has 0 aliphatic rings. The summed E-state index contributed by atoms with van der Waals surface area (Å²) < 4.78 is 5.11. The van der Waals surface area contributed by atoms with Crippen molar-refractivity contribution in [2.75, 3.05) is 0 Å². The normalized spacial score (nSPS) is 10.5. The summed E-state index contributed by atoms with van der Waals surface area (Å²) in [4.78, 5) is 30.7. The van der Waals surface area contributed by atoms with Crippen molar-refractivity contribution < 1.29 is 19.4 Å².